The van der Waals surface area contributed by atoms with Crippen LogP contribution in [0.1, 0.15) is 73.8 Å². The molecule has 7 heteroatoms. The Bertz CT molecular complexity index is 630. The van der Waals surface area contributed by atoms with Gasteiger partial charge in [-0.3, -0.25) is 10.00 Å². The van der Waals surface area contributed by atoms with E-state index < -0.39 is 0 Å². The molecule has 0 spiro atoms. The molecule has 1 N–H and O–H groups in total. The van der Waals surface area contributed by atoms with Gasteiger partial charge < -0.3 is 4.52 Å². The zero-order valence-corrected chi connectivity index (χ0v) is 13.0. The minimum atomic E-state index is 0.262. The predicted molar refractivity (Wildman–Crippen MR) is 79.0 cm³/mol. The molecule has 1 atom stereocenters. The highest BCUT2D eigenvalue weighted by molar-refractivity contribution is 5.01. The second-order valence-electron chi connectivity index (χ2n) is 6.44. The molecule has 0 amide bonds. The minimum Gasteiger partial charge on any atom is -0.339 e. The van der Waals surface area contributed by atoms with Gasteiger partial charge in [-0.1, -0.05) is 18.0 Å². The van der Waals surface area contributed by atoms with Gasteiger partial charge in [0.2, 0.25) is 5.89 Å². The molecule has 118 valence electrons. The van der Waals surface area contributed by atoms with Crippen molar-refractivity contribution >= 4 is 0 Å². The summed E-state index contributed by atoms with van der Waals surface area (Å²) in [6.07, 6.45) is 7.17. The number of aromatic amines is 1. The predicted octanol–water partition coefficient (Wildman–Crippen LogP) is 2.49. The highest BCUT2D eigenvalue weighted by Gasteiger charge is 2.31. The molecule has 2 aromatic rings. The third-order valence-electron chi connectivity index (χ3n) is 4.81. The lowest BCUT2D eigenvalue weighted by molar-refractivity contribution is 0.230. The van der Waals surface area contributed by atoms with Gasteiger partial charge in [0.15, 0.2) is 11.6 Å². The first-order valence-corrected chi connectivity index (χ1v) is 8.25. The van der Waals surface area contributed by atoms with Crippen LogP contribution in [0.25, 0.3) is 0 Å². The number of likely N-dealkylation sites (tertiary alicyclic amines) is 1. The molecule has 3 heterocycles. The summed E-state index contributed by atoms with van der Waals surface area (Å²) in [5, 5.41) is 11.4. The Morgan fingerprint density at radius 2 is 2.05 bits per heavy atom. The maximum Gasteiger partial charge on any atom is 0.229 e. The molecule has 2 aliphatic rings. The van der Waals surface area contributed by atoms with Crippen molar-refractivity contribution in [3.63, 3.8) is 0 Å². The number of hydrogen-bond acceptors (Lipinski definition) is 6. The van der Waals surface area contributed by atoms with E-state index in [9.17, 15) is 0 Å². The van der Waals surface area contributed by atoms with Crippen molar-refractivity contribution in [3.05, 3.63) is 23.4 Å². The van der Waals surface area contributed by atoms with Gasteiger partial charge in [-0.05, 0) is 39.2 Å². The van der Waals surface area contributed by atoms with E-state index >= 15 is 0 Å². The largest absolute Gasteiger partial charge is 0.339 e. The molecule has 1 aliphatic carbocycles. The molecule has 2 fully saturated rings. The third-order valence-corrected chi connectivity index (χ3v) is 4.81. The summed E-state index contributed by atoms with van der Waals surface area (Å²) >= 11 is 0. The molecule has 2 aromatic heterocycles. The van der Waals surface area contributed by atoms with E-state index in [-0.39, 0.29) is 6.04 Å². The monoisotopic (exact) mass is 302 g/mol. The van der Waals surface area contributed by atoms with Gasteiger partial charge in [0.05, 0.1) is 12.6 Å². The Kier molecular flexibility index (Phi) is 3.65. The molecule has 1 saturated carbocycles. The van der Waals surface area contributed by atoms with E-state index in [2.05, 4.69) is 30.2 Å². The number of H-pyrrole nitrogens is 1. The van der Waals surface area contributed by atoms with Crippen LogP contribution in [-0.4, -0.2) is 36.8 Å². The van der Waals surface area contributed by atoms with Crippen LogP contribution in [0.15, 0.2) is 4.52 Å². The van der Waals surface area contributed by atoms with Gasteiger partial charge in [0.25, 0.3) is 0 Å². The third kappa shape index (κ3) is 2.65. The molecule has 22 heavy (non-hydrogen) atoms. The smallest absolute Gasteiger partial charge is 0.229 e. The van der Waals surface area contributed by atoms with Crippen LogP contribution in [-0.2, 0) is 6.54 Å². The highest BCUT2D eigenvalue weighted by atomic mass is 16.5. The van der Waals surface area contributed by atoms with E-state index in [1.807, 2.05) is 6.92 Å². The summed E-state index contributed by atoms with van der Waals surface area (Å²) in [6, 6.07) is 0.262. The molecule has 1 saturated heterocycles. The van der Waals surface area contributed by atoms with E-state index in [1.165, 1.54) is 25.7 Å². The SMILES string of the molecule is Cc1nc(C2CCCN2Cc2noc(C3CCCC3)n2)n[nH]1. The topological polar surface area (TPSA) is 83.7 Å². The van der Waals surface area contributed by atoms with Crippen LogP contribution in [0.2, 0.25) is 0 Å². The zero-order valence-electron chi connectivity index (χ0n) is 13.0. The molecule has 0 aromatic carbocycles. The number of nitrogens with one attached hydrogen (secondary N) is 1. The van der Waals surface area contributed by atoms with E-state index in [0.717, 1.165) is 42.8 Å². The Labute approximate surface area is 129 Å². The van der Waals surface area contributed by atoms with E-state index in [0.29, 0.717) is 12.5 Å². The van der Waals surface area contributed by atoms with Crippen LogP contribution >= 0.6 is 0 Å². The average molecular weight is 302 g/mol. The van der Waals surface area contributed by atoms with Crippen LogP contribution in [0, 0.1) is 6.92 Å². The maximum absolute atomic E-state index is 5.48. The summed E-state index contributed by atoms with van der Waals surface area (Å²) < 4.78 is 5.48. The van der Waals surface area contributed by atoms with Gasteiger partial charge in [-0.15, -0.1) is 0 Å². The Morgan fingerprint density at radius 1 is 1.18 bits per heavy atom. The fraction of sp³-hybridized carbons (Fsp3) is 0.733. The Morgan fingerprint density at radius 3 is 2.82 bits per heavy atom. The second kappa shape index (κ2) is 5.79. The lowest BCUT2D eigenvalue weighted by atomic mass is 10.1. The molecular formula is C15H22N6O. The van der Waals surface area contributed by atoms with Crippen LogP contribution in [0.5, 0.6) is 0 Å². The fourth-order valence-electron chi connectivity index (χ4n) is 3.67. The minimum absolute atomic E-state index is 0.262. The summed E-state index contributed by atoms with van der Waals surface area (Å²) in [5.41, 5.74) is 0. The molecule has 1 aliphatic heterocycles. The Balaban J connectivity index is 1.45. The lowest BCUT2D eigenvalue weighted by Gasteiger charge is -2.19. The van der Waals surface area contributed by atoms with Crippen LogP contribution in [0.4, 0.5) is 0 Å². The number of hydrogen-bond donors (Lipinski definition) is 1. The normalized spacial score (nSPS) is 23.6. The maximum atomic E-state index is 5.48. The van der Waals surface area contributed by atoms with Crippen molar-refractivity contribution in [1.82, 2.24) is 30.2 Å². The molecular weight excluding hydrogens is 280 g/mol. The molecule has 0 bridgehead atoms. The first-order valence-electron chi connectivity index (χ1n) is 8.25. The van der Waals surface area contributed by atoms with Gasteiger partial charge >= 0.3 is 0 Å². The number of aromatic nitrogens is 5. The van der Waals surface area contributed by atoms with Crippen LogP contribution < -0.4 is 0 Å². The summed E-state index contributed by atoms with van der Waals surface area (Å²) in [7, 11) is 0. The van der Waals surface area contributed by atoms with Gasteiger partial charge in [0, 0.05) is 5.92 Å². The van der Waals surface area contributed by atoms with Crippen LogP contribution in [0.3, 0.4) is 0 Å². The summed E-state index contributed by atoms with van der Waals surface area (Å²) in [6.45, 7) is 3.68. The van der Waals surface area contributed by atoms with Crippen molar-refractivity contribution in [3.8, 4) is 0 Å². The number of nitrogens with zero attached hydrogens (tertiary/aromatic N) is 5. The molecule has 7 nitrogen and oxygen atoms in total. The van der Waals surface area contributed by atoms with Crippen molar-refractivity contribution in [2.75, 3.05) is 6.54 Å². The van der Waals surface area contributed by atoms with Crippen molar-refractivity contribution in [2.45, 2.75) is 64.0 Å². The summed E-state index contributed by atoms with van der Waals surface area (Å²) in [4.78, 5) is 11.5. The molecule has 0 radical (unpaired) electrons. The second-order valence-corrected chi connectivity index (χ2v) is 6.44. The van der Waals surface area contributed by atoms with Crippen molar-refractivity contribution in [2.24, 2.45) is 0 Å². The van der Waals surface area contributed by atoms with E-state index in [1.54, 1.807) is 0 Å². The number of aryl methyl sites for hydroxylation is 1. The molecule has 1 unspecified atom stereocenters. The summed E-state index contributed by atoms with van der Waals surface area (Å²) in [5.74, 6) is 3.85. The lowest BCUT2D eigenvalue weighted by Crippen LogP contribution is -2.24. The first-order chi connectivity index (χ1) is 10.8. The highest BCUT2D eigenvalue weighted by Crippen LogP contribution is 2.34. The molecule has 4 rings (SSSR count). The standard InChI is InChI=1S/C15H22N6O/c1-10-16-14(19-18-10)12-7-4-8-21(12)9-13-17-15(22-20-13)11-5-2-3-6-11/h11-12H,2-9H2,1H3,(H,16,18,19). The quantitative estimate of drug-likeness (QED) is 0.934. The Hall–Kier alpha value is -1.76. The first kappa shape index (κ1) is 13.9. The van der Waals surface area contributed by atoms with Crippen molar-refractivity contribution in [1.29, 1.82) is 0 Å². The average Bonchev–Trinajstić information content (AvgIpc) is 3.26. The zero-order chi connectivity index (χ0) is 14.9. The van der Waals surface area contributed by atoms with Gasteiger partial charge in [-0.25, -0.2) is 4.98 Å². The number of rotatable bonds is 4. The van der Waals surface area contributed by atoms with Crippen molar-refractivity contribution < 1.29 is 4.52 Å². The van der Waals surface area contributed by atoms with Gasteiger partial charge in [-0.2, -0.15) is 10.1 Å². The van der Waals surface area contributed by atoms with E-state index in [4.69, 9.17) is 4.52 Å². The van der Waals surface area contributed by atoms with Gasteiger partial charge in [0.1, 0.15) is 5.82 Å². The fourth-order valence-corrected chi connectivity index (χ4v) is 3.67.